The van der Waals surface area contributed by atoms with Crippen LogP contribution >= 0.6 is 0 Å². The zero-order valence-corrected chi connectivity index (χ0v) is 12.5. The fraction of sp³-hybridized carbons (Fsp3) is 0.588. The summed E-state index contributed by atoms with van der Waals surface area (Å²) in [7, 11) is 0. The number of nitrogens with zero attached hydrogens (tertiary/aromatic N) is 1. The van der Waals surface area contributed by atoms with Crippen molar-refractivity contribution >= 4 is 5.78 Å². The molecular formula is C17H24FNO. The predicted octanol–water partition coefficient (Wildman–Crippen LogP) is 3.59. The van der Waals surface area contributed by atoms with Crippen molar-refractivity contribution in [2.75, 3.05) is 13.1 Å². The highest BCUT2D eigenvalue weighted by Gasteiger charge is 2.41. The summed E-state index contributed by atoms with van der Waals surface area (Å²) in [6.07, 6.45) is 4.13. The minimum absolute atomic E-state index is 0.162. The van der Waals surface area contributed by atoms with Crippen LogP contribution in [-0.4, -0.2) is 29.3 Å². The van der Waals surface area contributed by atoms with E-state index in [2.05, 4.69) is 18.7 Å². The predicted molar refractivity (Wildman–Crippen MR) is 79.2 cm³/mol. The van der Waals surface area contributed by atoms with Crippen molar-refractivity contribution in [3.63, 3.8) is 0 Å². The number of hydrogen-bond donors (Lipinski definition) is 0. The van der Waals surface area contributed by atoms with Gasteiger partial charge in [-0.15, -0.1) is 0 Å². The molecule has 1 aliphatic rings. The Morgan fingerprint density at radius 2 is 1.80 bits per heavy atom. The van der Waals surface area contributed by atoms with Crippen LogP contribution in [0.5, 0.6) is 0 Å². The molecule has 0 N–H and O–H groups in total. The maximum Gasteiger partial charge on any atom is 0.157 e. The number of ketones is 1. The Bertz CT molecular complexity index is 462. The van der Waals surface area contributed by atoms with Gasteiger partial charge in [0.15, 0.2) is 5.78 Å². The van der Waals surface area contributed by atoms with Gasteiger partial charge >= 0.3 is 0 Å². The summed E-state index contributed by atoms with van der Waals surface area (Å²) in [5, 5.41) is 0. The lowest BCUT2D eigenvalue weighted by atomic mass is 9.83. The van der Waals surface area contributed by atoms with E-state index in [1.807, 2.05) is 0 Å². The Hall–Kier alpha value is -1.22. The minimum Gasteiger partial charge on any atom is -0.297 e. The molecule has 2 rings (SSSR count). The van der Waals surface area contributed by atoms with Gasteiger partial charge in [-0.3, -0.25) is 9.69 Å². The summed E-state index contributed by atoms with van der Waals surface area (Å²) in [6, 6.07) is 6.60. The third kappa shape index (κ3) is 2.78. The molecule has 0 spiro atoms. The van der Waals surface area contributed by atoms with Crippen molar-refractivity contribution in [1.29, 1.82) is 0 Å². The van der Waals surface area contributed by atoms with Gasteiger partial charge < -0.3 is 0 Å². The van der Waals surface area contributed by atoms with Gasteiger partial charge in [0.1, 0.15) is 5.82 Å². The van der Waals surface area contributed by atoms with Crippen LogP contribution in [0.25, 0.3) is 0 Å². The van der Waals surface area contributed by atoms with Gasteiger partial charge in [0.05, 0.1) is 5.54 Å². The molecule has 0 radical (unpaired) electrons. The van der Waals surface area contributed by atoms with Gasteiger partial charge in [-0.05, 0) is 50.4 Å². The van der Waals surface area contributed by atoms with E-state index in [1.54, 1.807) is 18.2 Å². The summed E-state index contributed by atoms with van der Waals surface area (Å²) in [5.74, 6) is -0.113. The molecule has 20 heavy (non-hydrogen) atoms. The van der Waals surface area contributed by atoms with Crippen LogP contribution in [-0.2, 0) is 11.2 Å². The Balaban J connectivity index is 2.21. The Morgan fingerprint density at radius 3 is 2.35 bits per heavy atom. The molecule has 1 aromatic rings. The first kappa shape index (κ1) is 15.2. The summed E-state index contributed by atoms with van der Waals surface area (Å²) < 4.78 is 13.8. The number of likely N-dealkylation sites (tertiary alicyclic amines) is 1. The lowest BCUT2D eigenvalue weighted by Gasteiger charge is -2.39. The second-order valence-corrected chi connectivity index (χ2v) is 5.62. The van der Waals surface area contributed by atoms with Gasteiger partial charge in [0.25, 0.3) is 0 Å². The number of Topliss-reactive ketones (excluding diaryl/α,β-unsaturated/α-hetero) is 1. The van der Waals surface area contributed by atoms with Crippen LogP contribution < -0.4 is 0 Å². The average Bonchev–Trinajstić information content (AvgIpc) is 2.98. The van der Waals surface area contributed by atoms with Crippen LogP contribution in [0, 0.1) is 5.82 Å². The topological polar surface area (TPSA) is 20.3 Å². The summed E-state index contributed by atoms with van der Waals surface area (Å²) >= 11 is 0. The molecule has 0 aromatic heterocycles. The Labute approximate surface area is 121 Å². The van der Waals surface area contributed by atoms with Gasteiger partial charge in [-0.2, -0.15) is 0 Å². The number of hydrogen-bond acceptors (Lipinski definition) is 2. The molecule has 110 valence electrons. The van der Waals surface area contributed by atoms with Crippen molar-refractivity contribution in [1.82, 2.24) is 4.90 Å². The van der Waals surface area contributed by atoms with Crippen molar-refractivity contribution in [2.45, 2.75) is 51.5 Å². The highest BCUT2D eigenvalue weighted by Crippen LogP contribution is 2.30. The normalized spacial score (nSPS) is 16.6. The first-order chi connectivity index (χ1) is 9.64. The molecule has 0 aliphatic carbocycles. The second-order valence-electron chi connectivity index (χ2n) is 5.62. The van der Waals surface area contributed by atoms with Crippen LogP contribution in [0.3, 0.4) is 0 Å². The first-order valence-electron chi connectivity index (χ1n) is 7.65. The highest BCUT2D eigenvalue weighted by atomic mass is 19.1. The fourth-order valence-electron chi connectivity index (χ4n) is 3.39. The number of carbonyl (C=O) groups is 1. The van der Waals surface area contributed by atoms with Gasteiger partial charge in [0, 0.05) is 6.42 Å². The maximum absolute atomic E-state index is 13.8. The SMILES string of the molecule is CCC(CC)(C(=O)Cc1ccccc1F)N1CCCC1. The maximum atomic E-state index is 13.8. The van der Waals surface area contributed by atoms with Crippen molar-refractivity contribution in [3.05, 3.63) is 35.6 Å². The smallest absolute Gasteiger partial charge is 0.157 e. The number of halogens is 1. The molecule has 2 nitrogen and oxygen atoms in total. The molecule has 0 atom stereocenters. The zero-order valence-electron chi connectivity index (χ0n) is 12.5. The first-order valence-corrected chi connectivity index (χ1v) is 7.65. The Morgan fingerprint density at radius 1 is 1.20 bits per heavy atom. The molecule has 0 saturated carbocycles. The largest absolute Gasteiger partial charge is 0.297 e. The molecular weight excluding hydrogens is 253 g/mol. The molecule has 1 aromatic carbocycles. The third-order valence-electron chi connectivity index (χ3n) is 4.71. The average molecular weight is 277 g/mol. The molecule has 0 unspecified atom stereocenters. The van der Waals surface area contributed by atoms with E-state index in [1.165, 1.54) is 6.07 Å². The van der Waals surface area contributed by atoms with E-state index in [0.29, 0.717) is 5.56 Å². The molecule has 1 saturated heterocycles. The van der Waals surface area contributed by atoms with Crippen molar-refractivity contribution < 1.29 is 9.18 Å². The number of rotatable bonds is 6. The van der Waals surface area contributed by atoms with E-state index >= 15 is 0 Å². The van der Waals surface area contributed by atoms with Gasteiger partial charge in [0.2, 0.25) is 0 Å². The van der Waals surface area contributed by atoms with E-state index in [4.69, 9.17) is 0 Å². The van der Waals surface area contributed by atoms with Crippen LogP contribution in [0.4, 0.5) is 4.39 Å². The second kappa shape index (κ2) is 6.49. The standard InChI is InChI=1S/C17H24FNO/c1-3-17(4-2,19-11-7-8-12-19)16(20)13-14-9-5-6-10-15(14)18/h5-6,9-10H,3-4,7-8,11-13H2,1-2H3. The van der Waals surface area contributed by atoms with E-state index < -0.39 is 5.54 Å². The lowest BCUT2D eigenvalue weighted by Crippen LogP contribution is -2.53. The van der Waals surface area contributed by atoms with E-state index in [0.717, 1.165) is 38.8 Å². The lowest BCUT2D eigenvalue weighted by molar-refractivity contribution is -0.130. The molecule has 1 fully saturated rings. The van der Waals surface area contributed by atoms with E-state index in [-0.39, 0.29) is 18.0 Å². The summed E-state index contributed by atoms with van der Waals surface area (Å²) in [5.41, 5.74) is 0.113. The quantitative estimate of drug-likeness (QED) is 0.792. The fourth-order valence-corrected chi connectivity index (χ4v) is 3.39. The molecule has 1 heterocycles. The van der Waals surface area contributed by atoms with Crippen LogP contribution in [0.15, 0.2) is 24.3 Å². The third-order valence-corrected chi connectivity index (χ3v) is 4.71. The van der Waals surface area contributed by atoms with Gasteiger partial charge in [-0.1, -0.05) is 32.0 Å². The minimum atomic E-state index is -0.404. The summed E-state index contributed by atoms with van der Waals surface area (Å²) in [4.78, 5) is 15.1. The molecule has 0 amide bonds. The van der Waals surface area contributed by atoms with Crippen molar-refractivity contribution in [2.24, 2.45) is 0 Å². The number of benzene rings is 1. The molecule has 3 heteroatoms. The van der Waals surface area contributed by atoms with E-state index in [9.17, 15) is 9.18 Å². The Kier molecular flexibility index (Phi) is 4.92. The van der Waals surface area contributed by atoms with Crippen LogP contribution in [0.2, 0.25) is 0 Å². The monoisotopic (exact) mass is 277 g/mol. The van der Waals surface area contributed by atoms with Crippen molar-refractivity contribution in [3.8, 4) is 0 Å². The van der Waals surface area contributed by atoms with Gasteiger partial charge in [-0.25, -0.2) is 4.39 Å². The van der Waals surface area contributed by atoms with Crippen LogP contribution in [0.1, 0.15) is 45.1 Å². The number of carbonyl (C=O) groups excluding carboxylic acids is 1. The zero-order chi connectivity index (χ0) is 14.6. The molecule has 1 aliphatic heterocycles. The highest BCUT2D eigenvalue weighted by molar-refractivity contribution is 5.90. The molecule has 0 bridgehead atoms. The summed E-state index contributed by atoms with van der Waals surface area (Å²) in [6.45, 7) is 6.12.